The monoisotopic (exact) mass is 268 g/mol. The number of hydrogen-bond donors (Lipinski definition) is 0. The number of rotatable bonds is 6. The van der Waals surface area contributed by atoms with Crippen molar-refractivity contribution < 1.29 is 14.3 Å². The molecule has 1 aromatic carbocycles. The summed E-state index contributed by atoms with van der Waals surface area (Å²) in [5.41, 5.74) is 2.29. The molecule has 0 N–H and O–H groups in total. The molecule has 4 heteroatoms. The Hall–Kier alpha value is -0.710. The third-order valence-corrected chi connectivity index (χ3v) is 4.91. The van der Waals surface area contributed by atoms with Crippen molar-refractivity contribution in [2.75, 3.05) is 5.75 Å². The van der Waals surface area contributed by atoms with Crippen LogP contribution in [0.3, 0.4) is 0 Å². The molecule has 0 bridgehead atoms. The van der Waals surface area contributed by atoms with E-state index in [0.29, 0.717) is 6.61 Å². The van der Waals surface area contributed by atoms with Crippen molar-refractivity contribution >= 4 is 11.2 Å². The summed E-state index contributed by atoms with van der Waals surface area (Å²) in [4.78, 5) is 9.91. The smallest absolute Gasteiger partial charge is 0.171 e. The Kier molecular flexibility index (Phi) is 4.92. The van der Waals surface area contributed by atoms with Gasteiger partial charge in [-0.2, -0.15) is 4.89 Å². The van der Waals surface area contributed by atoms with Crippen LogP contribution in [-0.2, 0) is 29.1 Å². The van der Waals surface area contributed by atoms with Crippen molar-refractivity contribution in [3.8, 4) is 5.75 Å². The Labute approximate surface area is 112 Å². The normalized spacial score (nSPS) is 17.1. The van der Waals surface area contributed by atoms with Gasteiger partial charge in [0.2, 0.25) is 0 Å². The molecule has 100 valence electrons. The van der Waals surface area contributed by atoms with Gasteiger partial charge in [0.15, 0.2) is 5.75 Å². The van der Waals surface area contributed by atoms with E-state index in [4.69, 9.17) is 9.78 Å². The zero-order valence-electron chi connectivity index (χ0n) is 11.0. The van der Waals surface area contributed by atoms with Crippen LogP contribution >= 0.6 is 0 Å². The highest BCUT2D eigenvalue weighted by Gasteiger charge is 2.19. The van der Waals surface area contributed by atoms with E-state index in [1.165, 1.54) is 5.56 Å². The van der Waals surface area contributed by atoms with Crippen molar-refractivity contribution in [1.82, 2.24) is 0 Å². The first-order valence-electron chi connectivity index (χ1n) is 6.49. The van der Waals surface area contributed by atoms with Crippen molar-refractivity contribution in [3.05, 3.63) is 29.3 Å². The van der Waals surface area contributed by atoms with Gasteiger partial charge in [-0.3, -0.25) is 0 Å². The van der Waals surface area contributed by atoms with E-state index in [-0.39, 0.29) is 5.25 Å². The summed E-state index contributed by atoms with van der Waals surface area (Å²) in [6.45, 7) is 4.70. The molecule has 0 saturated heterocycles. The van der Waals surface area contributed by atoms with Gasteiger partial charge in [-0.1, -0.05) is 30.6 Å². The van der Waals surface area contributed by atoms with E-state index < -0.39 is 11.2 Å². The van der Waals surface area contributed by atoms with Crippen LogP contribution in [0.15, 0.2) is 18.2 Å². The maximum atomic E-state index is 12.0. The highest BCUT2D eigenvalue weighted by atomic mass is 32.2. The quantitative estimate of drug-likeness (QED) is 0.588. The molecule has 0 spiro atoms. The molecule has 0 aliphatic carbocycles. The molecule has 1 aliphatic heterocycles. The Balaban J connectivity index is 1.92. The number of hydrogen-bond acceptors (Lipinski definition) is 3. The molecule has 2 rings (SSSR count). The standard InChI is InChI=1S/C14H20O3S/c1-3-4-7-18(15)11(2)8-12-5-6-14-13(9-12)10-16-17-14/h5-6,9,11H,3-4,7-8,10H2,1-2H3. The summed E-state index contributed by atoms with van der Waals surface area (Å²) >= 11 is -0.726. The van der Waals surface area contributed by atoms with Crippen molar-refractivity contribution in [2.45, 2.75) is 45.0 Å². The molecule has 2 unspecified atom stereocenters. The fourth-order valence-electron chi connectivity index (χ4n) is 2.02. The SMILES string of the molecule is CCCC[S+]([O-])C(C)Cc1ccc2c(c1)COO2. The largest absolute Gasteiger partial charge is 0.616 e. The van der Waals surface area contributed by atoms with E-state index in [0.717, 1.165) is 36.3 Å². The highest BCUT2D eigenvalue weighted by molar-refractivity contribution is 7.91. The third-order valence-electron chi connectivity index (χ3n) is 3.16. The zero-order chi connectivity index (χ0) is 13.0. The van der Waals surface area contributed by atoms with Crippen LogP contribution in [0, 0.1) is 0 Å². The van der Waals surface area contributed by atoms with Gasteiger partial charge < -0.3 is 9.44 Å². The van der Waals surface area contributed by atoms with E-state index in [2.05, 4.69) is 19.9 Å². The lowest BCUT2D eigenvalue weighted by atomic mass is 10.1. The topological polar surface area (TPSA) is 41.5 Å². The number of benzene rings is 1. The molecular weight excluding hydrogens is 248 g/mol. The Morgan fingerprint density at radius 2 is 2.28 bits per heavy atom. The van der Waals surface area contributed by atoms with E-state index in [1.807, 2.05) is 12.1 Å². The maximum absolute atomic E-state index is 12.0. The lowest BCUT2D eigenvalue weighted by Crippen LogP contribution is -2.23. The second kappa shape index (κ2) is 6.45. The molecule has 3 nitrogen and oxygen atoms in total. The molecule has 0 aromatic heterocycles. The predicted molar refractivity (Wildman–Crippen MR) is 72.9 cm³/mol. The molecule has 1 aliphatic rings. The van der Waals surface area contributed by atoms with Gasteiger partial charge in [0.1, 0.15) is 17.6 Å². The van der Waals surface area contributed by atoms with Crippen LogP contribution in [0.5, 0.6) is 5.75 Å². The first-order valence-corrected chi connectivity index (χ1v) is 7.87. The molecule has 2 atom stereocenters. The Morgan fingerprint density at radius 3 is 3.06 bits per heavy atom. The Morgan fingerprint density at radius 1 is 1.44 bits per heavy atom. The number of unbranched alkanes of at least 4 members (excludes halogenated alkanes) is 1. The van der Waals surface area contributed by atoms with Gasteiger partial charge in [0, 0.05) is 12.0 Å². The fourth-order valence-corrected chi connectivity index (χ4v) is 3.38. The molecule has 0 amide bonds. The van der Waals surface area contributed by atoms with Crippen LogP contribution in [0.1, 0.15) is 37.8 Å². The maximum Gasteiger partial charge on any atom is 0.171 e. The highest BCUT2D eigenvalue weighted by Crippen LogP contribution is 2.27. The van der Waals surface area contributed by atoms with Gasteiger partial charge in [0.05, 0.1) is 0 Å². The average molecular weight is 268 g/mol. The van der Waals surface area contributed by atoms with Crippen LogP contribution < -0.4 is 4.89 Å². The summed E-state index contributed by atoms with van der Waals surface area (Å²) in [6, 6.07) is 6.05. The van der Waals surface area contributed by atoms with Gasteiger partial charge in [-0.05, 0) is 31.0 Å². The van der Waals surface area contributed by atoms with Crippen LogP contribution in [0.25, 0.3) is 0 Å². The van der Waals surface area contributed by atoms with Crippen LogP contribution in [-0.4, -0.2) is 15.6 Å². The predicted octanol–water partition coefficient (Wildman–Crippen LogP) is 2.99. The van der Waals surface area contributed by atoms with E-state index in [9.17, 15) is 4.55 Å². The zero-order valence-corrected chi connectivity index (χ0v) is 11.8. The minimum atomic E-state index is -0.726. The molecule has 0 fully saturated rings. The summed E-state index contributed by atoms with van der Waals surface area (Å²) in [7, 11) is 0. The molecular formula is C14H20O3S. The Bertz CT molecular complexity index is 395. The summed E-state index contributed by atoms with van der Waals surface area (Å²) in [5.74, 6) is 1.62. The summed E-state index contributed by atoms with van der Waals surface area (Å²) in [5, 5.41) is 0.206. The first kappa shape index (κ1) is 13.7. The second-order valence-electron chi connectivity index (χ2n) is 4.74. The van der Waals surface area contributed by atoms with Gasteiger partial charge in [-0.25, -0.2) is 0 Å². The van der Waals surface area contributed by atoms with Crippen molar-refractivity contribution in [1.29, 1.82) is 0 Å². The lowest BCUT2D eigenvalue weighted by molar-refractivity contribution is -0.194. The molecule has 0 saturated carbocycles. The van der Waals surface area contributed by atoms with Gasteiger partial charge >= 0.3 is 0 Å². The summed E-state index contributed by atoms with van der Waals surface area (Å²) in [6.07, 6.45) is 3.00. The van der Waals surface area contributed by atoms with Gasteiger partial charge in [0.25, 0.3) is 0 Å². The van der Waals surface area contributed by atoms with Crippen LogP contribution in [0.2, 0.25) is 0 Å². The van der Waals surface area contributed by atoms with Crippen molar-refractivity contribution in [3.63, 3.8) is 0 Å². The van der Waals surface area contributed by atoms with Crippen molar-refractivity contribution in [2.24, 2.45) is 0 Å². The minimum absolute atomic E-state index is 0.206. The fraction of sp³-hybridized carbons (Fsp3) is 0.571. The van der Waals surface area contributed by atoms with E-state index in [1.54, 1.807) is 0 Å². The summed E-state index contributed by atoms with van der Waals surface area (Å²) < 4.78 is 12.0. The second-order valence-corrected chi connectivity index (χ2v) is 6.72. The third kappa shape index (κ3) is 3.40. The lowest BCUT2D eigenvalue weighted by Gasteiger charge is -2.18. The molecule has 1 aromatic rings. The number of fused-ring (bicyclic) bond motifs is 1. The average Bonchev–Trinajstić information content (AvgIpc) is 2.83. The van der Waals surface area contributed by atoms with Crippen LogP contribution in [0.4, 0.5) is 0 Å². The van der Waals surface area contributed by atoms with Gasteiger partial charge in [-0.15, -0.1) is 0 Å². The van der Waals surface area contributed by atoms with E-state index >= 15 is 0 Å². The first-order chi connectivity index (χ1) is 8.70. The molecule has 0 radical (unpaired) electrons. The minimum Gasteiger partial charge on any atom is -0.616 e. The molecule has 18 heavy (non-hydrogen) atoms. The molecule has 1 heterocycles.